The summed E-state index contributed by atoms with van der Waals surface area (Å²) in [6.45, 7) is 5.88. The predicted molar refractivity (Wildman–Crippen MR) is 114 cm³/mol. The Kier molecular flexibility index (Phi) is 4.34. The number of rotatable bonds is 5. The first kappa shape index (κ1) is 17.9. The summed E-state index contributed by atoms with van der Waals surface area (Å²) >= 11 is 0. The second kappa shape index (κ2) is 7.02. The van der Waals surface area contributed by atoms with E-state index in [0.29, 0.717) is 6.04 Å². The molecule has 0 aromatic carbocycles. The van der Waals surface area contributed by atoms with Crippen LogP contribution < -0.4 is 15.5 Å². The molecule has 150 valence electrons. The summed E-state index contributed by atoms with van der Waals surface area (Å²) in [5, 5.41) is 11.0. The van der Waals surface area contributed by atoms with Crippen LogP contribution in [0.15, 0.2) is 24.5 Å². The van der Waals surface area contributed by atoms with E-state index in [4.69, 9.17) is 9.97 Å². The molecular formula is C21H26N8. The van der Waals surface area contributed by atoms with E-state index in [0.717, 1.165) is 59.7 Å². The molecule has 0 spiro atoms. The van der Waals surface area contributed by atoms with E-state index in [1.807, 2.05) is 24.0 Å². The highest BCUT2D eigenvalue weighted by molar-refractivity contribution is 5.58. The normalized spacial score (nSPS) is 15.9. The first-order chi connectivity index (χ1) is 14.1. The summed E-state index contributed by atoms with van der Waals surface area (Å²) in [4.78, 5) is 16.5. The fourth-order valence-electron chi connectivity index (χ4n) is 3.72. The number of hydrogen-bond acceptors (Lipinski definition) is 7. The minimum Gasteiger partial charge on any atom is -0.351 e. The highest BCUT2D eigenvalue weighted by atomic mass is 15.3. The quantitative estimate of drug-likeness (QED) is 0.692. The van der Waals surface area contributed by atoms with Crippen molar-refractivity contribution in [2.75, 3.05) is 22.1 Å². The van der Waals surface area contributed by atoms with Crippen LogP contribution in [0.5, 0.6) is 0 Å². The van der Waals surface area contributed by atoms with Gasteiger partial charge in [0.1, 0.15) is 11.6 Å². The van der Waals surface area contributed by atoms with Gasteiger partial charge in [0.05, 0.1) is 18.1 Å². The number of nitrogens with one attached hydrogen (secondary N) is 2. The molecule has 2 aliphatic rings. The van der Waals surface area contributed by atoms with Gasteiger partial charge in [-0.1, -0.05) is 0 Å². The lowest BCUT2D eigenvalue weighted by atomic mass is 10.0. The Morgan fingerprint density at radius 3 is 2.79 bits per heavy atom. The van der Waals surface area contributed by atoms with E-state index in [2.05, 4.69) is 45.5 Å². The lowest BCUT2D eigenvalue weighted by Gasteiger charge is -2.31. The van der Waals surface area contributed by atoms with Crippen LogP contribution in [0.2, 0.25) is 0 Å². The molecule has 3 aromatic rings. The predicted octanol–water partition coefficient (Wildman–Crippen LogP) is 3.10. The van der Waals surface area contributed by atoms with Crippen LogP contribution >= 0.6 is 0 Å². The van der Waals surface area contributed by atoms with Gasteiger partial charge in [0, 0.05) is 55.6 Å². The van der Waals surface area contributed by atoms with Crippen molar-refractivity contribution in [3.05, 3.63) is 47.0 Å². The zero-order valence-corrected chi connectivity index (χ0v) is 17.1. The number of pyridine rings is 1. The standard InChI is InChI=1S/C21H26N8/c1-13-14(2)24-21(26-16-4-5-16)27-20(13)29-9-7-18-15(12-29)10-17(11-22-18)25-19-6-8-23-28(19)3/h6,8,10-11,16,25H,4-5,7,9,12H2,1-3H3,(H,24,26,27). The zero-order chi connectivity index (χ0) is 20.0. The summed E-state index contributed by atoms with van der Waals surface area (Å²) in [5.74, 6) is 2.72. The van der Waals surface area contributed by atoms with Crippen LogP contribution in [0, 0.1) is 13.8 Å². The Morgan fingerprint density at radius 2 is 2.03 bits per heavy atom. The van der Waals surface area contributed by atoms with Crippen LogP contribution in [-0.2, 0) is 20.0 Å². The number of anilines is 4. The molecule has 1 aliphatic heterocycles. The Labute approximate surface area is 170 Å². The van der Waals surface area contributed by atoms with Gasteiger partial charge < -0.3 is 15.5 Å². The lowest BCUT2D eigenvalue weighted by Crippen LogP contribution is -2.32. The highest BCUT2D eigenvalue weighted by Crippen LogP contribution is 2.30. The van der Waals surface area contributed by atoms with Crippen molar-refractivity contribution in [1.29, 1.82) is 0 Å². The lowest BCUT2D eigenvalue weighted by molar-refractivity contribution is 0.698. The smallest absolute Gasteiger partial charge is 0.225 e. The summed E-state index contributed by atoms with van der Waals surface area (Å²) in [6.07, 6.45) is 7.01. The van der Waals surface area contributed by atoms with E-state index in [-0.39, 0.29) is 0 Å². The first-order valence-electron chi connectivity index (χ1n) is 10.2. The van der Waals surface area contributed by atoms with Crippen LogP contribution in [0.25, 0.3) is 0 Å². The maximum Gasteiger partial charge on any atom is 0.225 e. The fourth-order valence-corrected chi connectivity index (χ4v) is 3.72. The summed E-state index contributed by atoms with van der Waals surface area (Å²) in [7, 11) is 1.92. The third kappa shape index (κ3) is 3.62. The Morgan fingerprint density at radius 1 is 1.17 bits per heavy atom. The third-order valence-electron chi connectivity index (χ3n) is 5.71. The van der Waals surface area contributed by atoms with Gasteiger partial charge in [-0.25, -0.2) is 4.98 Å². The molecule has 0 unspecified atom stereocenters. The molecule has 29 heavy (non-hydrogen) atoms. The minimum atomic E-state index is 0.539. The van der Waals surface area contributed by atoms with Crippen LogP contribution in [0.4, 0.5) is 23.3 Å². The molecule has 0 bridgehead atoms. The molecule has 3 aromatic heterocycles. The van der Waals surface area contributed by atoms with E-state index in [1.165, 1.54) is 18.4 Å². The van der Waals surface area contributed by atoms with E-state index in [9.17, 15) is 0 Å². The van der Waals surface area contributed by atoms with Crippen LogP contribution in [0.1, 0.15) is 35.4 Å². The van der Waals surface area contributed by atoms with Gasteiger partial charge in [-0.3, -0.25) is 9.67 Å². The highest BCUT2D eigenvalue weighted by Gasteiger charge is 2.25. The first-order valence-corrected chi connectivity index (χ1v) is 10.2. The zero-order valence-electron chi connectivity index (χ0n) is 17.1. The largest absolute Gasteiger partial charge is 0.351 e. The van der Waals surface area contributed by atoms with Gasteiger partial charge in [0.2, 0.25) is 5.95 Å². The van der Waals surface area contributed by atoms with Crippen molar-refractivity contribution in [3.8, 4) is 0 Å². The number of fused-ring (bicyclic) bond motifs is 1. The van der Waals surface area contributed by atoms with Crippen LogP contribution in [-0.4, -0.2) is 37.3 Å². The van der Waals surface area contributed by atoms with E-state index in [1.54, 1.807) is 6.20 Å². The second-order valence-electron chi connectivity index (χ2n) is 7.97. The molecule has 8 heteroatoms. The fraction of sp³-hybridized carbons (Fsp3) is 0.429. The van der Waals surface area contributed by atoms with Gasteiger partial charge in [-0.2, -0.15) is 10.1 Å². The van der Waals surface area contributed by atoms with Crippen molar-refractivity contribution in [1.82, 2.24) is 24.7 Å². The Bertz CT molecular complexity index is 1050. The molecule has 1 fully saturated rings. The molecule has 4 heterocycles. The average Bonchev–Trinajstić information content (AvgIpc) is 3.44. The van der Waals surface area contributed by atoms with Gasteiger partial charge >= 0.3 is 0 Å². The molecule has 1 aliphatic carbocycles. The average molecular weight is 390 g/mol. The topological polar surface area (TPSA) is 83.8 Å². The number of hydrogen-bond donors (Lipinski definition) is 2. The summed E-state index contributed by atoms with van der Waals surface area (Å²) in [5.41, 5.74) is 5.55. The van der Waals surface area contributed by atoms with Gasteiger partial charge in [-0.15, -0.1) is 0 Å². The van der Waals surface area contributed by atoms with Crippen molar-refractivity contribution < 1.29 is 0 Å². The molecule has 0 saturated heterocycles. The van der Waals surface area contributed by atoms with Gasteiger partial charge in [0.25, 0.3) is 0 Å². The molecule has 8 nitrogen and oxygen atoms in total. The van der Waals surface area contributed by atoms with E-state index < -0.39 is 0 Å². The minimum absolute atomic E-state index is 0.539. The molecule has 0 radical (unpaired) electrons. The Balaban J connectivity index is 1.41. The number of nitrogens with zero attached hydrogens (tertiary/aromatic N) is 6. The molecule has 1 saturated carbocycles. The monoisotopic (exact) mass is 390 g/mol. The summed E-state index contributed by atoms with van der Waals surface area (Å²) in [6, 6.07) is 4.68. The van der Waals surface area contributed by atoms with Crippen molar-refractivity contribution >= 4 is 23.3 Å². The molecular weight excluding hydrogens is 364 g/mol. The molecule has 5 rings (SSSR count). The maximum absolute atomic E-state index is 4.86. The van der Waals surface area contributed by atoms with Crippen molar-refractivity contribution in [2.24, 2.45) is 7.05 Å². The number of aryl methyl sites for hydroxylation is 2. The number of aromatic nitrogens is 5. The third-order valence-corrected chi connectivity index (χ3v) is 5.71. The van der Waals surface area contributed by atoms with Crippen molar-refractivity contribution in [2.45, 2.75) is 45.7 Å². The Hall–Kier alpha value is -3.16. The molecule has 2 N–H and O–H groups in total. The van der Waals surface area contributed by atoms with Gasteiger partial charge in [-0.05, 0) is 38.3 Å². The van der Waals surface area contributed by atoms with Gasteiger partial charge in [0.15, 0.2) is 0 Å². The second-order valence-corrected chi connectivity index (χ2v) is 7.97. The van der Waals surface area contributed by atoms with E-state index >= 15 is 0 Å². The maximum atomic E-state index is 4.86. The SMILES string of the molecule is Cc1nc(NC2CC2)nc(N2CCc3ncc(Nc4ccnn4C)cc3C2)c1C. The van der Waals surface area contributed by atoms with Crippen molar-refractivity contribution in [3.63, 3.8) is 0 Å². The summed E-state index contributed by atoms with van der Waals surface area (Å²) < 4.78 is 1.81. The van der Waals surface area contributed by atoms with Crippen LogP contribution in [0.3, 0.4) is 0 Å². The molecule has 0 atom stereocenters. The molecule has 0 amide bonds.